The zero-order chi connectivity index (χ0) is 21.3. The fourth-order valence-corrected chi connectivity index (χ4v) is 2.87. The van der Waals surface area contributed by atoms with Crippen molar-refractivity contribution in [1.82, 2.24) is 0 Å². The van der Waals surface area contributed by atoms with E-state index in [4.69, 9.17) is 16.3 Å². The molecule has 0 aliphatic carbocycles. The number of aryl methyl sites for hydroxylation is 1. The highest BCUT2D eigenvalue weighted by atomic mass is 35.5. The average molecular weight is 417 g/mol. The lowest BCUT2D eigenvalue weighted by molar-refractivity contribution is -0.112. The highest BCUT2D eigenvalue weighted by molar-refractivity contribution is 6.30. The average Bonchev–Trinajstić information content (AvgIpc) is 2.78. The Hall–Kier alpha value is -3.55. The van der Waals surface area contributed by atoms with Crippen LogP contribution in [0.2, 0.25) is 5.02 Å². The highest BCUT2D eigenvalue weighted by Crippen LogP contribution is 2.18. The molecule has 0 aliphatic heterocycles. The van der Waals surface area contributed by atoms with E-state index in [0.29, 0.717) is 23.1 Å². The predicted octanol–water partition coefficient (Wildman–Crippen LogP) is 6.03. The van der Waals surface area contributed by atoms with Crippen molar-refractivity contribution in [2.24, 2.45) is 0 Å². The molecule has 3 aromatic rings. The van der Waals surface area contributed by atoms with Crippen LogP contribution in [0.25, 0.3) is 6.08 Å². The van der Waals surface area contributed by atoms with Gasteiger partial charge in [-0.25, -0.2) is 0 Å². The first-order valence-corrected chi connectivity index (χ1v) is 9.94. The smallest absolute Gasteiger partial charge is 0.266 e. The third kappa shape index (κ3) is 5.97. The first-order chi connectivity index (χ1) is 14.6. The monoisotopic (exact) mass is 416 g/mol. The Bertz CT molecular complexity index is 1060. The van der Waals surface area contributed by atoms with Crippen molar-refractivity contribution in [3.63, 3.8) is 0 Å². The molecule has 1 amide bonds. The molecule has 0 unspecified atom stereocenters. The zero-order valence-electron chi connectivity index (χ0n) is 16.6. The third-order valence-corrected chi connectivity index (χ3v) is 4.75. The predicted molar refractivity (Wildman–Crippen MR) is 120 cm³/mol. The summed E-state index contributed by atoms with van der Waals surface area (Å²) in [5.41, 5.74) is 3.62. The number of anilines is 1. The molecule has 150 valence electrons. The highest BCUT2D eigenvalue weighted by Gasteiger charge is 2.09. The molecule has 0 aromatic heterocycles. The second kappa shape index (κ2) is 10.3. The van der Waals surface area contributed by atoms with Gasteiger partial charge in [-0.2, -0.15) is 5.26 Å². The van der Waals surface area contributed by atoms with Gasteiger partial charge in [0.1, 0.15) is 24.0 Å². The number of nitrogens with one attached hydrogen (secondary N) is 1. The Kier molecular flexibility index (Phi) is 7.26. The normalized spacial score (nSPS) is 10.9. The van der Waals surface area contributed by atoms with Crippen LogP contribution in [0.1, 0.15) is 23.6 Å². The lowest BCUT2D eigenvalue weighted by atomic mass is 10.1. The largest absolute Gasteiger partial charge is 0.489 e. The van der Waals surface area contributed by atoms with E-state index < -0.39 is 5.91 Å². The van der Waals surface area contributed by atoms with Crippen molar-refractivity contribution in [3.05, 3.63) is 100 Å². The van der Waals surface area contributed by atoms with E-state index in [9.17, 15) is 10.1 Å². The molecular formula is C25H21ClN2O2. The molecule has 0 fully saturated rings. The van der Waals surface area contributed by atoms with Crippen LogP contribution in [-0.2, 0) is 17.8 Å². The van der Waals surface area contributed by atoms with Crippen LogP contribution in [0.5, 0.6) is 5.75 Å². The van der Waals surface area contributed by atoms with Crippen molar-refractivity contribution in [2.45, 2.75) is 20.0 Å². The topological polar surface area (TPSA) is 62.1 Å². The SMILES string of the molecule is CCc1ccc(NC(=O)/C(C#N)=C/c2ccc(OCc3ccc(Cl)cc3)cc2)cc1. The molecule has 30 heavy (non-hydrogen) atoms. The molecule has 0 saturated heterocycles. The summed E-state index contributed by atoms with van der Waals surface area (Å²) in [6.07, 6.45) is 2.48. The Balaban J connectivity index is 1.62. The van der Waals surface area contributed by atoms with E-state index in [-0.39, 0.29) is 5.57 Å². The van der Waals surface area contributed by atoms with Crippen LogP contribution in [0.4, 0.5) is 5.69 Å². The molecular weight excluding hydrogens is 396 g/mol. The number of carbonyl (C=O) groups is 1. The van der Waals surface area contributed by atoms with Crippen LogP contribution in [-0.4, -0.2) is 5.91 Å². The minimum Gasteiger partial charge on any atom is -0.489 e. The lowest BCUT2D eigenvalue weighted by Gasteiger charge is -2.07. The van der Waals surface area contributed by atoms with Crippen LogP contribution in [0.3, 0.4) is 0 Å². The third-order valence-electron chi connectivity index (χ3n) is 4.49. The van der Waals surface area contributed by atoms with E-state index in [1.165, 1.54) is 5.56 Å². The quantitative estimate of drug-likeness (QED) is 0.378. The van der Waals surface area contributed by atoms with E-state index in [1.807, 2.05) is 54.6 Å². The maximum absolute atomic E-state index is 12.4. The standard InChI is InChI=1S/C25H21ClN2O2/c1-2-18-5-11-23(12-6-18)28-25(29)21(16-27)15-19-7-13-24(14-8-19)30-17-20-3-9-22(26)10-4-20/h3-15H,2,17H2,1H3,(H,28,29)/b21-15+. The molecule has 0 bridgehead atoms. The van der Waals surface area contributed by atoms with Crippen molar-refractivity contribution in [3.8, 4) is 11.8 Å². The van der Waals surface area contributed by atoms with E-state index in [1.54, 1.807) is 30.3 Å². The van der Waals surface area contributed by atoms with Crippen molar-refractivity contribution in [1.29, 1.82) is 5.26 Å². The number of amides is 1. The summed E-state index contributed by atoms with van der Waals surface area (Å²) in [6.45, 7) is 2.49. The first kappa shape index (κ1) is 21.2. The summed E-state index contributed by atoms with van der Waals surface area (Å²) < 4.78 is 5.76. The molecule has 4 nitrogen and oxygen atoms in total. The summed E-state index contributed by atoms with van der Waals surface area (Å²) in [7, 11) is 0. The summed E-state index contributed by atoms with van der Waals surface area (Å²) in [5.74, 6) is 0.255. The van der Waals surface area contributed by atoms with Gasteiger partial charge < -0.3 is 10.1 Å². The minimum atomic E-state index is -0.440. The number of benzene rings is 3. The zero-order valence-corrected chi connectivity index (χ0v) is 17.3. The number of halogens is 1. The maximum Gasteiger partial charge on any atom is 0.266 e. The van der Waals surface area contributed by atoms with Crippen LogP contribution < -0.4 is 10.1 Å². The van der Waals surface area contributed by atoms with E-state index in [0.717, 1.165) is 17.5 Å². The number of carbonyl (C=O) groups excluding carboxylic acids is 1. The summed E-state index contributed by atoms with van der Waals surface area (Å²) in [5, 5.41) is 12.8. The fraction of sp³-hybridized carbons (Fsp3) is 0.120. The van der Waals surface area contributed by atoms with Gasteiger partial charge in [0.15, 0.2) is 0 Å². The molecule has 0 radical (unpaired) electrons. The van der Waals surface area contributed by atoms with Gasteiger partial charge >= 0.3 is 0 Å². The van der Waals surface area contributed by atoms with Gasteiger partial charge in [0.2, 0.25) is 0 Å². The molecule has 0 spiro atoms. The van der Waals surface area contributed by atoms with Crippen molar-refractivity contribution in [2.75, 3.05) is 5.32 Å². The number of ether oxygens (including phenoxy) is 1. The molecule has 0 atom stereocenters. The number of hydrogen-bond acceptors (Lipinski definition) is 3. The number of hydrogen-bond donors (Lipinski definition) is 1. The number of nitriles is 1. The molecule has 3 rings (SSSR count). The van der Waals surface area contributed by atoms with Crippen LogP contribution in [0.15, 0.2) is 78.4 Å². The molecule has 3 aromatic carbocycles. The fourth-order valence-electron chi connectivity index (χ4n) is 2.75. The van der Waals surface area contributed by atoms with Crippen molar-refractivity contribution >= 4 is 29.3 Å². The Labute approximate surface area is 181 Å². The van der Waals surface area contributed by atoms with Crippen molar-refractivity contribution < 1.29 is 9.53 Å². The molecule has 1 N–H and O–H groups in total. The first-order valence-electron chi connectivity index (χ1n) is 9.57. The Morgan fingerprint density at radius 2 is 1.63 bits per heavy atom. The summed E-state index contributed by atoms with van der Waals surface area (Å²) in [6, 6.07) is 24.2. The van der Waals surface area contributed by atoms with Gasteiger partial charge in [-0.15, -0.1) is 0 Å². The number of rotatable bonds is 7. The Morgan fingerprint density at radius 1 is 1.00 bits per heavy atom. The van der Waals surface area contributed by atoms with Crippen LogP contribution in [0, 0.1) is 11.3 Å². The minimum absolute atomic E-state index is 0.0319. The van der Waals surface area contributed by atoms with Gasteiger partial charge in [-0.1, -0.05) is 54.9 Å². The van der Waals surface area contributed by atoms with Gasteiger partial charge in [0, 0.05) is 10.7 Å². The summed E-state index contributed by atoms with van der Waals surface area (Å²) in [4.78, 5) is 12.4. The van der Waals surface area contributed by atoms with Gasteiger partial charge in [0.25, 0.3) is 5.91 Å². The van der Waals surface area contributed by atoms with Crippen LogP contribution >= 0.6 is 11.6 Å². The molecule has 0 aliphatic rings. The molecule has 0 heterocycles. The van der Waals surface area contributed by atoms with E-state index >= 15 is 0 Å². The second-order valence-electron chi connectivity index (χ2n) is 6.66. The maximum atomic E-state index is 12.4. The van der Waals surface area contributed by atoms with Gasteiger partial charge in [-0.05, 0) is 65.6 Å². The van der Waals surface area contributed by atoms with E-state index in [2.05, 4.69) is 12.2 Å². The second-order valence-corrected chi connectivity index (χ2v) is 7.10. The molecule has 5 heteroatoms. The summed E-state index contributed by atoms with van der Waals surface area (Å²) >= 11 is 5.88. The lowest BCUT2D eigenvalue weighted by Crippen LogP contribution is -2.13. The molecule has 0 saturated carbocycles. The van der Waals surface area contributed by atoms with Gasteiger partial charge in [0.05, 0.1) is 0 Å². The number of nitrogens with zero attached hydrogens (tertiary/aromatic N) is 1. The Morgan fingerprint density at radius 3 is 2.23 bits per heavy atom. The van der Waals surface area contributed by atoms with Gasteiger partial charge in [-0.3, -0.25) is 4.79 Å².